The van der Waals surface area contributed by atoms with E-state index in [4.69, 9.17) is 5.84 Å². The summed E-state index contributed by atoms with van der Waals surface area (Å²) in [6.45, 7) is 0. The fourth-order valence-corrected chi connectivity index (χ4v) is 2.07. The molecule has 0 atom stereocenters. The van der Waals surface area contributed by atoms with Crippen molar-refractivity contribution in [3.63, 3.8) is 0 Å². The minimum atomic E-state index is -4.41. The molecule has 142 valence electrons. The molecule has 2 aromatic rings. The van der Waals surface area contributed by atoms with Gasteiger partial charge in [-0.05, 0) is 47.5 Å². The number of alkyl halides is 6. The smallest absolute Gasteiger partial charge is 0.323 e. The van der Waals surface area contributed by atoms with Gasteiger partial charge >= 0.3 is 12.4 Å². The molecule has 0 radical (unpaired) electrons. The van der Waals surface area contributed by atoms with Crippen LogP contribution in [0.1, 0.15) is 22.3 Å². The summed E-state index contributed by atoms with van der Waals surface area (Å²) < 4.78 is 75.1. The molecule has 0 bridgehead atoms. The summed E-state index contributed by atoms with van der Waals surface area (Å²) in [5.41, 5.74) is -0.210. The van der Waals surface area contributed by atoms with Crippen molar-refractivity contribution in [1.82, 2.24) is 0 Å². The van der Waals surface area contributed by atoms with E-state index >= 15 is 0 Å². The summed E-state index contributed by atoms with van der Waals surface area (Å²) in [5, 5.41) is 3.51. The average Bonchev–Trinajstić information content (AvgIpc) is 2.61. The van der Waals surface area contributed by atoms with Crippen LogP contribution >= 0.6 is 0 Å². The number of allylic oxidation sites excluding steroid dienone is 2. The first-order valence-corrected chi connectivity index (χ1v) is 7.58. The molecule has 27 heavy (non-hydrogen) atoms. The second kappa shape index (κ2) is 8.11. The molecule has 0 unspecified atom stereocenters. The molecule has 0 aromatic heterocycles. The molecule has 0 aliphatic heterocycles. The predicted octanol–water partition coefficient (Wildman–Crippen LogP) is 5.77. The molecule has 2 rings (SSSR count). The van der Waals surface area contributed by atoms with E-state index in [2.05, 4.69) is 5.10 Å². The van der Waals surface area contributed by atoms with E-state index in [9.17, 15) is 26.3 Å². The summed E-state index contributed by atoms with van der Waals surface area (Å²) >= 11 is 0. The number of hydrogen-bond donors (Lipinski definition) is 1. The highest BCUT2D eigenvalue weighted by Crippen LogP contribution is 2.30. The van der Waals surface area contributed by atoms with Crippen LogP contribution < -0.4 is 5.84 Å². The molecule has 0 heterocycles. The zero-order chi connectivity index (χ0) is 20.1. The first kappa shape index (κ1) is 20.3. The third-order valence-electron chi connectivity index (χ3n) is 3.52. The van der Waals surface area contributed by atoms with Crippen LogP contribution in [0.25, 0.3) is 12.2 Å². The van der Waals surface area contributed by atoms with Crippen molar-refractivity contribution in [2.75, 3.05) is 0 Å². The number of benzene rings is 2. The molecule has 0 aliphatic rings. The van der Waals surface area contributed by atoms with E-state index in [1.165, 1.54) is 48.6 Å². The van der Waals surface area contributed by atoms with Crippen LogP contribution in [-0.2, 0) is 12.4 Å². The summed E-state index contributed by atoms with van der Waals surface area (Å²) in [5.74, 6) is 5.25. The highest BCUT2D eigenvalue weighted by molar-refractivity contribution is 6.08. The zero-order valence-corrected chi connectivity index (χ0v) is 13.7. The van der Waals surface area contributed by atoms with Crippen LogP contribution in [0.4, 0.5) is 26.3 Å². The van der Waals surface area contributed by atoms with E-state index in [-0.39, 0.29) is 5.71 Å². The number of rotatable bonds is 4. The maximum atomic E-state index is 12.5. The number of hydrogen-bond acceptors (Lipinski definition) is 2. The Hall–Kier alpha value is -3.03. The highest BCUT2D eigenvalue weighted by atomic mass is 19.4. The molecule has 2 N–H and O–H groups in total. The van der Waals surface area contributed by atoms with Gasteiger partial charge in [0.2, 0.25) is 0 Å². The standard InChI is InChI=1S/C19H14F6N2/c20-18(21,22)15-7-1-13(2-8-15)5-11-17(27-26)12-6-14-3-9-16(10-4-14)19(23,24)25/h1-12H,26H2/b11-5+,12-6+. The predicted molar refractivity (Wildman–Crippen MR) is 92.6 cm³/mol. The molecule has 2 aromatic carbocycles. The van der Waals surface area contributed by atoms with E-state index < -0.39 is 23.5 Å². The molecule has 0 amide bonds. The summed E-state index contributed by atoms with van der Waals surface area (Å²) in [4.78, 5) is 0. The van der Waals surface area contributed by atoms with Crippen LogP contribution in [0.5, 0.6) is 0 Å². The maximum absolute atomic E-state index is 12.5. The third kappa shape index (κ3) is 6.02. The normalized spacial score (nSPS) is 12.7. The zero-order valence-electron chi connectivity index (χ0n) is 13.7. The quantitative estimate of drug-likeness (QED) is 0.309. The van der Waals surface area contributed by atoms with Crippen LogP contribution in [0.15, 0.2) is 65.8 Å². The van der Waals surface area contributed by atoms with Crippen LogP contribution in [0.2, 0.25) is 0 Å². The van der Waals surface area contributed by atoms with Crippen molar-refractivity contribution in [2.24, 2.45) is 10.9 Å². The first-order chi connectivity index (χ1) is 12.6. The van der Waals surface area contributed by atoms with Crippen molar-refractivity contribution >= 4 is 17.9 Å². The summed E-state index contributed by atoms with van der Waals surface area (Å²) in [6.07, 6.45) is -2.83. The SMILES string of the molecule is NN=C(/C=C/c1ccc(C(F)(F)F)cc1)/C=C/c1ccc(C(F)(F)F)cc1. The van der Waals surface area contributed by atoms with Crippen LogP contribution in [-0.4, -0.2) is 5.71 Å². The molecule has 8 heteroatoms. The van der Waals surface area contributed by atoms with Gasteiger partial charge in [0.1, 0.15) is 0 Å². The fourth-order valence-electron chi connectivity index (χ4n) is 2.07. The number of halogens is 6. The average molecular weight is 384 g/mol. The Kier molecular flexibility index (Phi) is 6.09. The van der Waals surface area contributed by atoms with Crippen LogP contribution in [0, 0.1) is 0 Å². The van der Waals surface area contributed by atoms with Crippen LogP contribution in [0.3, 0.4) is 0 Å². The lowest BCUT2D eigenvalue weighted by Crippen LogP contribution is -2.04. The van der Waals surface area contributed by atoms with Gasteiger partial charge in [0.15, 0.2) is 0 Å². The minimum Gasteiger partial charge on any atom is -0.323 e. The number of nitrogens with zero attached hydrogens (tertiary/aromatic N) is 1. The van der Waals surface area contributed by atoms with Gasteiger partial charge in [-0.2, -0.15) is 31.4 Å². The molecular weight excluding hydrogens is 370 g/mol. The van der Waals surface area contributed by atoms with Gasteiger partial charge in [0, 0.05) is 0 Å². The first-order valence-electron chi connectivity index (χ1n) is 7.58. The minimum absolute atomic E-state index is 0.287. The lowest BCUT2D eigenvalue weighted by molar-refractivity contribution is -0.138. The van der Waals surface area contributed by atoms with Crippen molar-refractivity contribution in [3.8, 4) is 0 Å². The van der Waals surface area contributed by atoms with Gasteiger partial charge in [-0.25, -0.2) is 0 Å². The van der Waals surface area contributed by atoms with E-state index in [1.54, 1.807) is 0 Å². The third-order valence-corrected chi connectivity index (χ3v) is 3.52. The Bertz CT molecular complexity index is 772. The van der Waals surface area contributed by atoms with Crippen molar-refractivity contribution in [3.05, 3.63) is 82.9 Å². The Labute approximate surface area is 151 Å². The van der Waals surface area contributed by atoms with Gasteiger partial charge in [0.05, 0.1) is 16.8 Å². The van der Waals surface area contributed by atoms with Crippen molar-refractivity contribution < 1.29 is 26.3 Å². The van der Waals surface area contributed by atoms with E-state index in [0.29, 0.717) is 11.1 Å². The molecular formula is C19H14F6N2. The van der Waals surface area contributed by atoms with Crippen molar-refractivity contribution in [2.45, 2.75) is 12.4 Å². The topological polar surface area (TPSA) is 38.4 Å². The fraction of sp³-hybridized carbons (Fsp3) is 0.105. The highest BCUT2D eigenvalue weighted by Gasteiger charge is 2.30. The van der Waals surface area contributed by atoms with E-state index in [1.807, 2.05) is 0 Å². The largest absolute Gasteiger partial charge is 0.416 e. The van der Waals surface area contributed by atoms with Crippen molar-refractivity contribution in [1.29, 1.82) is 0 Å². The Morgan fingerprint density at radius 3 is 1.26 bits per heavy atom. The Morgan fingerprint density at radius 2 is 1.00 bits per heavy atom. The van der Waals surface area contributed by atoms with Gasteiger partial charge in [0.25, 0.3) is 0 Å². The summed E-state index contributed by atoms with van der Waals surface area (Å²) in [6, 6.07) is 9.02. The van der Waals surface area contributed by atoms with Gasteiger partial charge in [-0.15, -0.1) is 0 Å². The Balaban J connectivity index is 2.07. The number of nitrogens with two attached hydrogens (primary N) is 1. The molecule has 0 spiro atoms. The van der Waals surface area contributed by atoms with Gasteiger partial charge in [-0.3, -0.25) is 0 Å². The molecule has 0 fully saturated rings. The second-order valence-corrected chi connectivity index (χ2v) is 5.46. The van der Waals surface area contributed by atoms with Gasteiger partial charge < -0.3 is 5.84 Å². The van der Waals surface area contributed by atoms with E-state index in [0.717, 1.165) is 24.3 Å². The summed E-state index contributed by atoms with van der Waals surface area (Å²) in [7, 11) is 0. The Morgan fingerprint density at radius 1 is 0.667 bits per heavy atom. The lowest BCUT2D eigenvalue weighted by atomic mass is 10.1. The molecule has 2 nitrogen and oxygen atoms in total. The molecule has 0 saturated carbocycles. The maximum Gasteiger partial charge on any atom is 0.416 e. The number of hydrazone groups is 1. The van der Waals surface area contributed by atoms with Gasteiger partial charge in [-0.1, -0.05) is 36.4 Å². The second-order valence-electron chi connectivity index (χ2n) is 5.46. The molecule has 0 aliphatic carbocycles. The molecule has 0 saturated heterocycles. The lowest BCUT2D eigenvalue weighted by Gasteiger charge is -2.06. The monoisotopic (exact) mass is 384 g/mol.